The van der Waals surface area contributed by atoms with E-state index in [1.807, 2.05) is 71.5 Å². The highest BCUT2D eigenvalue weighted by Gasteiger charge is 2.24. The summed E-state index contributed by atoms with van der Waals surface area (Å²) >= 11 is 0. The third-order valence-electron chi connectivity index (χ3n) is 5.59. The van der Waals surface area contributed by atoms with Crippen LogP contribution in [0.3, 0.4) is 0 Å². The molecule has 1 N–H and O–H groups in total. The number of nitrogens with one attached hydrogen (secondary N) is 1. The van der Waals surface area contributed by atoms with Gasteiger partial charge in [0.2, 0.25) is 5.91 Å². The van der Waals surface area contributed by atoms with Crippen molar-refractivity contribution in [1.82, 2.24) is 20.0 Å². The van der Waals surface area contributed by atoms with Crippen molar-refractivity contribution in [3.63, 3.8) is 0 Å². The summed E-state index contributed by atoms with van der Waals surface area (Å²) in [5.41, 5.74) is 3.61. The van der Waals surface area contributed by atoms with Crippen LogP contribution in [0.25, 0.3) is 23.0 Å². The van der Waals surface area contributed by atoms with Crippen molar-refractivity contribution in [2.24, 2.45) is 0 Å². The molecular weight excluding hydrogens is 416 g/mol. The van der Waals surface area contributed by atoms with Crippen molar-refractivity contribution in [1.29, 1.82) is 0 Å². The van der Waals surface area contributed by atoms with Crippen molar-refractivity contribution in [3.8, 4) is 16.9 Å². The molecule has 33 heavy (non-hydrogen) atoms. The lowest BCUT2D eigenvalue weighted by atomic mass is 10.1. The van der Waals surface area contributed by atoms with Crippen LogP contribution in [0.15, 0.2) is 72.9 Å². The fraction of sp³-hybridized carbons (Fsp3) is 0.269. The Morgan fingerprint density at radius 2 is 1.73 bits per heavy atom. The van der Waals surface area contributed by atoms with Crippen LogP contribution in [0.4, 0.5) is 4.79 Å². The maximum atomic E-state index is 12.6. The van der Waals surface area contributed by atoms with Crippen LogP contribution in [-0.2, 0) is 9.53 Å². The number of rotatable bonds is 6. The molecule has 2 amide bonds. The number of nitrogens with zero attached hydrogens (tertiary/aromatic N) is 3. The van der Waals surface area contributed by atoms with Crippen LogP contribution in [0.2, 0.25) is 0 Å². The van der Waals surface area contributed by atoms with Gasteiger partial charge in [-0.3, -0.25) is 4.79 Å². The van der Waals surface area contributed by atoms with Gasteiger partial charge in [-0.2, -0.15) is 5.10 Å². The first-order valence-electron chi connectivity index (χ1n) is 11.2. The Bertz CT molecular complexity index is 1100. The number of ether oxygens (including phenoxy) is 1. The van der Waals surface area contributed by atoms with Crippen LogP contribution in [-0.4, -0.2) is 52.4 Å². The van der Waals surface area contributed by atoms with Gasteiger partial charge in [-0.05, 0) is 38.0 Å². The van der Waals surface area contributed by atoms with E-state index in [0.717, 1.165) is 22.5 Å². The van der Waals surface area contributed by atoms with Crippen molar-refractivity contribution < 1.29 is 14.3 Å². The third-order valence-corrected chi connectivity index (χ3v) is 5.59. The Morgan fingerprint density at radius 3 is 2.39 bits per heavy atom. The Balaban J connectivity index is 1.44. The molecule has 0 unspecified atom stereocenters. The number of hydrogen-bond donors (Lipinski definition) is 1. The molecule has 1 aliphatic heterocycles. The maximum absolute atomic E-state index is 12.6. The van der Waals surface area contributed by atoms with Gasteiger partial charge in [0.25, 0.3) is 0 Å². The lowest BCUT2D eigenvalue weighted by Gasteiger charge is -2.31. The number of carbonyl (C=O) groups is 2. The number of hydrogen-bond acceptors (Lipinski definition) is 4. The van der Waals surface area contributed by atoms with E-state index < -0.39 is 0 Å². The molecule has 1 fully saturated rings. The number of piperidine rings is 1. The molecule has 0 bridgehead atoms. The molecule has 2 heterocycles. The SMILES string of the molecule is CCOC(=O)N1CCC(NC(=O)/C=C/c2cn(-c3ccccc3)nc2-c2ccccc2)CC1. The molecule has 0 radical (unpaired) electrons. The normalized spacial score (nSPS) is 14.4. The van der Waals surface area contributed by atoms with Crippen LogP contribution in [0.1, 0.15) is 25.3 Å². The molecular formula is C26H28N4O3. The molecule has 3 aromatic rings. The van der Waals surface area contributed by atoms with Crippen molar-refractivity contribution >= 4 is 18.1 Å². The van der Waals surface area contributed by atoms with Gasteiger partial charge in [0.1, 0.15) is 0 Å². The molecule has 7 heteroatoms. The molecule has 1 aromatic heterocycles. The summed E-state index contributed by atoms with van der Waals surface area (Å²) in [5.74, 6) is -0.156. The zero-order chi connectivity index (χ0) is 23.0. The predicted octanol–water partition coefficient (Wildman–Crippen LogP) is 4.29. The molecule has 0 atom stereocenters. The highest BCUT2D eigenvalue weighted by molar-refractivity contribution is 5.93. The fourth-order valence-electron chi connectivity index (χ4n) is 3.88. The van der Waals surface area contributed by atoms with E-state index in [9.17, 15) is 9.59 Å². The molecule has 0 saturated carbocycles. The van der Waals surface area contributed by atoms with E-state index in [2.05, 4.69) is 5.32 Å². The average Bonchev–Trinajstić information content (AvgIpc) is 3.29. The number of para-hydroxylation sites is 1. The predicted molar refractivity (Wildman–Crippen MR) is 128 cm³/mol. The molecule has 0 aliphatic carbocycles. The number of carbonyl (C=O) groups excluding carboxylic acids is 2. The first kappa shape index (κ1) is 22.3. The monoisotopic (exact) mass is 444 g/mol. The number of likely N-dealkylation sites (tertiary alicyclic amines) is 1. The first-order valence-corrected chi connectivity index (χ1v) is 11.2. The Labute approximate surface area is 193 Å². The zero-order valence-corrected chi connectivity index (χ0v) is 18.7. The van der Waals surface area contributed by atoms with Gasteiger partial charge in [-0.15, -0.1) is 0 Å². The highest BCUT2D eigenvalue weighted by atomic mass is 16.6. The number of benzene rings is 2. The fourth-order valence-corrected chi connectivity index (χ4v) is 3.88. The van der Waals surface area contributed by atoms with Crippen LogP contribution >= 0.6 is 0 Å². The van der Waals surface area contributed by atoms with Gasteiger partial charge in [-0.1, -0.05) is 48.5 Å². The Kier molecular flexibility index (Phi) is 7.19. The minimum absolute atomic E-state index is 0.0356. The second-order valence-corrected chi connectivity index (χ2v) is 7.88. The van der Waals surface area contributed by atoms with Gasteiger partial charge < -0.3 is 15.0 Å². The van der Waals surface area contributed by atoms with E-state index in [4.69, 9.17) is 9.84 Å². The van der Waals surface area contributed by atoms with E-state index in [1.54, 1.807) is 24.0 Å². The van der Waals surface area contributed by atoms with Crippen LogP contribution in [0, 0.1) is 0 Å². The summed E-state index contributed by atoms with van der Waals surface area (Å²) in [6.07, 6.45) is 6.42. The summed E-state index contributed by atoms with van der Waals surface area (Å²) in [4.78, 5) is 26.1. The molecule has 2 aromatic carbocycles. The van der Waals surface area contributed by atoms with Crippen LogP contribution in [0.5, 0.6) is 0 Å². The van der Waals surface area contributed by atoms with Crippen molar-refractivity contribution in [2.45, 2.75) is 25.8 Å². The highest BCUT2D eigenvalue weighted by Crippen LogP contribution is 2.24. The Morgan fingerprint density at radius 1 is 1.06 bits per heavy atom. The van der Waals surface area contributed by atoms with Gasteiger partial charge in [-0.25, -0.2) is 9.48 Å². The molecule has 1 saturated heterocycles. The number of aromatic nitrogens is 2. The van der Waals surface area contributed by atoms with Gasteiger partial charge in [0.05, 0.1) is 18.0 Å². The standard InChI is InChI=1S/C26H28N4O3/c1-2-33-26(32)29-17-15-22(16-18-29)27-24(31)14-13-21-19-30(23-11-7-4-8-12-23)28-25(21)20-9-5-3-6-10-20/h3-14,19,22H,2,15-18H2,1H3,(H,27,31)/b14-13+. The molecule has 0 spiro atoms. The molecule has 4 rings (SSSR count). The first-order chi connectivity index (χ1) is 16.1. The van der Waals surface area contributed by atoms with E-state index >= 15 is 0 Å². The largest absolute Gasteiger partial charge is 0.450 e. The van der Waals surface area contributed by atoms with E-state index in [0.29, 0.717) is 32.5 Å². The summed E-state index contributed by atoms with van der Waals surface area (Å²) in [6.45, 7) is 3.32. The quantitative estimate of drug-likeness (QED) is 0.576. The van der Waals surface area contributed by atoms with E-state index in [1.165, 1.54) is 0 Å². The minimum atomic E-state index is -0.286. The lowest BCUT2D eigenvalue weighted by molar-refractivity contribution is -0.117. The minimum Gasteiger partial charge on any atom is -0.450 e. The molecule has 7 nitrogen and oxygen atoms in total. The lowest BCUT2D eigenvalue weighted by Crippen LogP contribution is -2.46. The maximum Gasteiger partial charge on any atom is 0.409 e. The molecule has 170 valence electrons. The topological polar surface area (TPSA) is 76.5 Å². The van der Waals surface area contributed by atoms with Crippen LogP contribution < -0.4 is 5.32 Å². The summed E-state index contributed by atoms with van der Waals surface area (Å²) in [5, 5.41) is 7.82. The van der Waals surface area contributed by atoms with Crippen molar-refractivity contribution in [2.75, 3.05) is 19.7 Å². The van der Waals surface area contributed by atoms with Crippen molar-refractivity contribution in [3.05, 3.63) is 78.5 Å². The summed E-state index contributed by atoms with van der Waals surface area (Å²) < 4.78 is 6.87. The summed E-state index contributed by atoms with van der Waals surface area (Å²) in [7, 11) is 0. The number of amides is 2. The van der Waals surface area contributed by atoms with Gasteiger partial charge in [0.15, 0.2) is 0 Å². The smallest absolute Gasteiger partial charge is 0.409 e. The average molecular weight is 445 g/mol. The Hall–Kier alpha value is -3.87. The second-order valence-electron chi connectivity index (χ2n) is 7.88. The zero-order valence-electron chi connectivity index (χ0n) is 18.7. The van der Waals surface area contributed by atoms with Gasteiger partial charge >= 0.3 is 6.09 Å². The molecule has 1 aliphatic rings. The third kappa shape index (κ3) is 5.68. The second kappa shape index (κ2) is 10.6. The van der Waals surface area contributed by atoms with E-state index in [-0.39, 0.29) is 18.0 Å². The van der Waals surface area contributed by atoms with Gasteiger partial charge in [0, 0.05) is 42.5 Å². The summed E-state index contributed by atoms with van der Waals surface area (Å²) in [6, 6.07) is 19.8.